The molecule has 0 aliphatic rings. The molecule has 0 amide bonds. The molecule has 110 valence electrons. The molecule has 0 radical (unpaired) electrons. The van der Waals surface area contributed by atoms with Gasteiger partial charge >= 0.3 is 0 Å². The van der Waals surface area contributed by atoms with Gasteiger partial charge in [0.1, 0.15) is 0 Å². The minimum atomic E-state index is 0.198. The van der Waals surface area contributed by atoms with Crippen LogP contribution in [0, 0.1) is 41.5 Å². The monoisotopic (exact) mass is 298 g/mol. The van der Waals surface area contributed by atoms with E-state index in [-0.39, 0.29) is 14.1 Å². The van der Waals surface area contributed by atoms with E-state index in [4.69, 9.17) is 0 Å². The first-order valence-electron chi connectivity index (χ1n) is 7.27. The molecule has 2 rings (SSSR count). The third kappa shape index (κ3) is 3.24. The lowest BCUT2D eigenvalue weighted by Crippen LogP contribution is -2.09. The summed E-state index contributed by atoms with van der Waals surface area (Å²) in [5.41, 5.74) is 8.30. The highest BCUT2D eigenvalue weighted by atomic mass is 31.1. The summed E-state index contributed by atoms with van der Waals surface area (Å²) in [7, 11) is 0.198. The van der Waals surface area contributed by atoms with Crippen molar-refractivity contribution in [3.05, 3.63) is 63.2 Å². The van der Waals surface area contributed by atoms with Gasteiger partial charge in [0.15, 0.2) is 5.52 Å². The Morgan fingerprint density at radius 1 is 0.810 bits per heavy atom. The number of carbonyl (C=O) groups excluding carboxylic acids is 1. The van der Waals surface area contributed by atoms with Gasteiger partial charge in [-0.1, -0.05) is 29.8 Å². The molecule has 0 bridgehead atoms. The molecule has 1 unspecified atom stereocenters. The molecule has 0 saturated heterocycles. The third-order valence-corrected chi connectivity index (χ3v) is 5.51. The smallest absolute Gasteiger partial charge is 0.186 e. The molecule has 0 heterocycles. The van der Waals surface area contributed by atoms with Gasteiger partial charge in [-0.15, -0.1) is 0 Å². The van der Waals surface area contributed by atoms with Crippen molar-refractivity contribution in [1.29, 1.82) is 0 Å². The van der Waals surface area contributed by atoms with Gasteiger partial charge in [-0.2, -0.15) is 0 Å². The Balaban J connectivity index is 2.42. The highest BCUT2D eigenvalue weighted by Gasteiger charge is 2.16. The Kier molecular flexibility index (Phi) is 4.64. The van der Waals surface area contributed by atoms with Crippen LogP contribution in [0.3, 0.4) is 0 Å². The second-order valence-electron chi connectivity index (χ2n) is 5.91. The fourth-order valence-corrected chi connectivity index (χ4v) is 4.02. The Bertz CT molecular complexity index is 714. The van der Waals surface area contributed by atoms with Gasteiger partial charge in [-0.25, -0.2) is 0 Å². The lowest BCUT2D eigenvalue weighted by atomic mass is 9.95. The van der Waals surface area contributed by atoms with E-state index in [0.29, 0.717) is 0 Å². The first kappa shape index (κ1) is 15.9. The summed E-state index contributed by atoms with van der Waals surface area (Å²) in [6, 6.07) is 8.46. The van der Waals surface area contributed by atoms with Gasteiger partial charge in [0.2, 0.25) is 0 Å². The maximum absolute atomic E-state index is 12.8. The average molecular weight is 298 g/mol. The summed E-state index contributed by atoms with van der Waals surface area (Å²) in [5.74, 6) is 0. The van der Waals surface area contributed by atoms with Crippen LogP contribution in [0.4, 0.5) is 0 Å². The number of hydrogen-bond donors (Lipinski definition) is 0. The van der Waals surface area contributed by atoms with Gasteiger partial charge in [-0.05, 0) is 83.2 Å². The van der Waals surface area contributed by atoms with Crippen LogP contribution in [0.5, 0.6) is 0 Å². The number of carbonyl (C=O) groups is 1. The van der Waals surface area contributed by atoms with E-state index in [1.165, 1.54) is 22.3 Å². The zero-order valence-electron chi connectivity index (χ0n) is 13.7. The molecule has 2 heteroatoms. The highest BCUT2D eigenvalue weighted by molar-refractivity contribution is 7.66. The van der Waals surface area contributed by atoms with E-state index in [1.807, 2.05) is 6.92 Å². The van der Waals surface area contributed by atoms with Crippen molar-refractivity contribution in [3.63, 3.8) is 0 Å². The van der Waals surface area contributed by atoms with Crippen molar-refractivity contribution >= 4 is 19.4 Å². The molecular formula is C19H23OP. The number of aryl methyl sites for hydroxylation is 4. The number of rotatable bonds is 3. The average Bonchev–Trinajstić information content (AvgIpc) is 2.40. The first-order valence-corrected chi connectivity index (χ1v) is 8.27. The molecule has 0 aliphatic carbocycles. The van der Waals surface area contributed by atoms with E-state index in [1.54, 1.807) is 0 Å². The summed E-state index contributed by atoms with van der Waals surface area (Å²) >= 11 is 0. The first-order chi connectivity index (χ1) is 9.81. The van der Waals surface area contributed by atoms with E-state index in [9.17, 15) is 4.79 Å². The molecule has 21 heavy (non-hydrogen) atoms. The van der Waals surface area contributed by atoms with Crippen LogP contribution in [0.2, 0.25) is 0 Å². The Labute approximate surface area is 129 Å². The molecule has 0 saturated carbocycles. The minimum absolute atomic E-state index is 0.198. The molecular weight excluding hydrogens is 275 g/mol. The number of hydrogen-bond acceptors (Lipinski definition) is 1. The van der Waals surface area contributed by atoms with Crippen molar-refractivity contribution in [2.24, 2.45) is 0 Å². The summed E-state index contributed by atoms with van der Waals surface area (Å²) in [4.78, 5) is 12.8. The van der Waals surface area contributed by atoms with Crippen molar-refractivity contribution in [2.45, 2.75) is 41.5 Å². The van der Waals surface area contributed by atoms with Crippen molar-refractivity contribution < 1.29 is 4.79 Å². The summed E-state index contributed by atoms with van der Waals surface area (Å²) < 4.78 is 0. The van der Waals surface area contributed by atoms with E-state index >= 15 is 0 Å². The van der Waals surface area contributed by atoms with Gasteiger partial charge in [0.05, 0.1) is 0 Å². The standard InChI is InChI=1S/C19H23OP/c1-11-7-8-12(2)17(9-11)21-19(20)18-14(4)10-13(3)15(5)16(18)6/h7-10,21H,1-6H3. The third-order valence-electron chi connectivity index (χ3n) is 4.22. The van der Waals surface area contributed by atoms with Gasteiger partial charge in [-0.3, -0.25) is 4.79 Å². The molecule has 0 fully saturated rings. The fraction of sp³-hybridized carbons (Fsp3) is 0.316. The van der Waals surface area contributed by atoms with Crippen molar-refractivity contribution in [3.8, 4) is 0 Å². The highest BCUT2D eigenvalue weighted by Crippen LogP contribution is 2.28. The largest absolute Gasteiger partial charge is 0.289 e. The predicted molar refractivity (Wildman–Crippen MR) is 93.6 cm³/mol. The lowest BCUT2D eigenvalue weighted by Gasteiger charge is -2.15. The van der Waals surface area contributed by atoms with Crippen LogP contribution in [-0.2, 0) is 0 Å². The molecule has 2 aromatic rings. The Hall–Kier alpha value is -1.46. The van der Waals surface area contributed by atoms with Gasteiger partial charge in [0, 0.05) is 5.56 Å². The number of benzene rings is 2. The predicted octanol–water partition coefficient (Wildman–Crippen LogP) is 4.68. The van der Waals surface area contributed by atoms with Crippen LogP contribution in [0.15, 0.2) is 24.3 Å². The lowest BCUT2D eigenvalue weighted by molar-refractivity contribution is 0.108. The summed E-state index contributed by atoms with van der Waals surface area (Å²) in [6.45, 7) is 12.5. The van der Waals surface area contributed by atoms with Crippen molar-refractivity contribution in [1.82, 2.24) is 0 Å². The van der Waals surface area contributed by atoms with Crippen LogP contribution >= 0.6 is 8.58 Å². The zero-order chi connectivity index (χ0) is 15.7. The quantitative estimate of drug-likeness (QED) is 0.752. The molecule has 0 spiro atoms. The minimum Gasteiger partial charge on any atom is -0.289 e. The zero-order valence-corrected chi connectivity index (χ0v) is 14.7. The second-order valence-corrected chi connectivity index (χ2v) is 7.15. The SMILES string of the molecule is Cc1ccc(C)c(PC(=O)c2c(C)cc(C)c(C)c2C)c1. The topological polar surface area (TPSA) is 17.1 Å². The van der Waals surface area contributed by atoms with E-state index < -0.39 is 0 Å². The maximum atomic E-state index is 12.8. The summed E-state index contributed by atoms with van der Waals surface area (Å²) in [6.07, 6.45) is 0. The van der Waals surface area contributed by atoms with Crippen LogP contribution in [0.1, 0.15) is 43.7 Å². The summed E-state index contributed by atoms with van der Waals surface area (Å²) in [5, 5.41) is 1.16. The van der Waals surface area contributed by atoms with Gasteiger partial charge < -0.3 is 0 Å². The van der Waals surface area contributed by atoms with Crippen LogP contribution in [0.25, 0.3) is 0 Å². The van der Waals surface area contributed by atoms with E-state index in [2.05, 4.69) is 58.9 Å². The van der Waals surface area contributed by atoms with E-state index in [0.717, 1.165) is 22.0 Å². The van der Waals surface area contributed by atoms with Gasteiger partial charge in [0.25, 0.3) is 0 Å². The molecule has 0 aromatic heterocycles. The maximum Gasteiger partial charge on any atom is 0.186 e. The normalized spacial score (nSPS) is 11.3. The van der Waals surface area contributed by atoms with Crippen LogP contribution in [-0.4, -0.2) is 5.52 Å². The Morgan fingerprint density at radius 2 is 1.48 bits per heavy atom. The fourth-order valence-electron chi connectivity index (χ4n) is 2.69. The van der Waals surface area contributed by atoms with Crippen molar-refractivity contribution in [2.75, 3.05) is 0 Å². The molecule has 1 atom stereocenters. The Morgan fingerprint density at radius 3 is 2.14 bits per heavy atom. The second kappa shape index (κ2) is 6.12. The van der Waals surface area contributed by atoms with Crippen LogP contribution < -0.4 is 5.30 Å². The molecule has 1 nitrogen and oxygen atoms in total. The molecule has 0 N–H and O–H groups in total. The molecule has 2 aromatic carbocycles. The molecule has 0 aliphatic heterocycles.